The summed E-state index contributed by atoms with van der Waals surface area (Å²) < 4.78 is 28.6. The maximum Gasteiger partial charge on any atom is 0.243 e. The van der Waals surface area contributed by atoms with E-state index in [2.05, 4.69) is 10.3 Å². The van der Waals surface area contributed by atoms with E-state index >= 15 is 0 Å². The number of rotatable bonds is 5. The number of imidazole rings is 1. The summed E-state index contributed by atoms with van der Waals surface area (Å²) in [5.41, 5.74) is 0.998. The van der Waals surface area contributed by atoms with Gasteiger partial charge in [-0.2, -0.15) is 0 Å². The number of nitrogens with one attached hydrogen (secondary N) is 1. The standard InChI is InChI=1S/C19H17F2N3O/c1-13(19(25)23-12-15-11-16(20)7-8-17(15)21)24-10-9-22-18(24)14-5-3-2-4-6-14/h2-11,13H,12H2,1H3,(H,23,25)/t13-/m0/s1. The van der Waals surface area contributed by atoms with Crippen LogP contribution >= 0.6 is 0 Å². The van der Waals surface area contributed by atoms with E-state index in [1.165, 1.54) is 0 Å². The van der Waals surface area contributed by atoms with Gasteiger partial charge in [0.2, 0.25) is 5.91 Å². The maximum absolute atomic E-state index is 13.6. The van der Waals surface area contributed by atoms with Gasteiger partial charge in [0.1, 0.15) is 23.5 Å². The van der Waals surface area contributed by atoms with Crippen LogP contribution < -0.4 is 5.32 Å². The molecule has 0 saturated carbocycles. The molecule has 0 radical (unpaired) electrons. The van der Waals surface area contributed by atoms with Crippen LogP contribution in [-0.4, -0.2) is 15.5 Å². The van der Waals surface area contributed by atoms with E-state index < -0.39 is 17.7 Å². The van der Waals surface area contributed by atoms with E-state index in [1.54, 1.807) is 23.9 Å². The van der Waals surface area contributed by atoms with Crippen LogP contribution in [0, 0.1) is 11.6 Å². The summed E-state index contributed by atoms with van der Waals surface area (Å²) in [4.78, 5) is 16.7. The van der Waals surface area contributed by atoms with Crippen LogP contribution in [0.1, 0.15) is 18.5 Å². The Morgan fingerprint density at radius 2 is 1.96 bits per heavy atom. The van der Waals surface area contributed by atoms with Crippen molar-refractivity contribution in [2.24, 2.45) is 0 Å². The molecule has 0 spiro atoms. The van der Waals surface area contributed by atoms with Crippen molar-refractivity contribution < 1.29 is 13.6 Å². The lowest BCUT2D eigenvalue weighted by atomic mass is 10.2. The smallest absolute Gasteiger partial charge is 0.243 e. The molecule has 1 heterocycles. The van der Waals surface area contributed by atoms with Crippen molar-refractivity contribution in [3.05, 3.63) is 78.1 Å². The minimum Gasteiger partial charge on any atom is -0.350 e. The maximum atomic E-state index is 13.6. The number of amides is 1. The fourth-order valence-electron chi connectivity index (χ4n) is 2.57. The largest absolute Gasteiger partial charge is 0.350 e. The third kappa shape index (κ3) is 3.74. The van der Waals surface area contributed by atoms with Crippen LogP contribution in [0.3, 0.4) is 0 Å². The first kappa shape index (κ1) is 16.8. The van der Waals surface area contributed by atoms with Crippen molar-refractivity contribution in [3.63, 3.8) is 0 Å². The molecule has 0 aliphatic rings. The Balaban J connectivity index is 1.73. The molecule has 0 saturated heterocycles. The van der Waals surface area contributed by atoms with Gasteiger partial charge in [0, 0.05) is 30.1 Å². The molecular weight excluding hydrogens is 324 g/mol. The third-order valence-corrected chi connectivity index (χ3v) is 3.96. The summed E-state index contributed by atoms with van der Waals surface area (Å²) in [7, 11) is 0. The summed E-state index contributed by atoms with van der Waals surface area (Å²) in [5.74, 6) is -0.736. The van der Waals surface area contributed by atoms with Crippen molar-refractivity contribution in [2.75, 3.05) is 0 Å². The van der Waals surface area contributed by atoms with E-state index in [-0.39, 0.29) is 18.0 Å². The zero-order valence-electron chi connectivity index (χ0n) is 13.6. The van der Waals surface area contributed by atoms with Crippen molar-refractivity contribution in [2.45, 2.75) is 19.5 Å². The van der Waals surface area contributed by atoms with E-state index in [1.807, 2.05) is 30.3 Å². The lowest BCUT2D eigenvalue weighted by Crippen LogP contribution is -2.31. The van der Waals surface area contributed by atoms with Crippen molar-refractivity contribution in [3.8, 4) is 11.4 Å². The second-order valence-electron chi connectivity index (χ2n) is 5.65. The molecular formula is C19H17F2N3O. The molecule has 0 fully saturated rings. The Bertz CT molecular complexity index is 877. The highest BCUT2D eigenvalue weighted by Gasteiger charge is 2.18. The normalized spacial score (nSPS) is 12.0. The van der Waals surface area contributed by atoms with Crippen molar-refractivity contribution in [1.29, 1.82) is 0 Å². The fraction of sp³-hybridized carbons (Fsp3) is 0.158. The molecule has 3 rings (SSSR count). The number of halogens is 2. The molecule has 1 aromatic heterocycles. The summed E-state index contributed by atoms with van der Waals surface area (Å²) in [6.07, 6.45) is 3.34. The van der Waals surface area contributed by atoms with E-state index in [0.29, 0.717) is 5.82 Å². The SMILES string of the molecule is C[C@@H](C(=O)NCc1cc(F)ccc1F)n1ccnc1-c1ccccc1. The van der Waals surface area contributed by atoms with E-state index in [9.17, 15) is 13.6 Å². The quantitative estimate of drug-likeness (QED) is 0.769. The molecule has 128 valence electrons. The Labute approximate surface area is 144 Å². The Morgan fingerprint density at radius 1 is 1.20 bits per heavy atom. The van der Waals surface area contributed by atoms with Crippen LogP contribution in [0.15, 0.2) is 60.9 Å². The molecule has 0 aliphatic carbocycles. The van der Waals surface area contributed by atoms with Gasteiger partial charge in [0.05, 0.1) is 0 Å². The molecule has 2 aromatic carbocycles. The molecule has 6 heteroatoms. The van der Waals surface area contributed by atoms with Gasteiger partial charge >= 0.3 is 0 Å². The number of hydrogen-bond donors (Lipinski definition) is 1. The Morgan fingerprint density at radius 3 is 2.72 bits per heavy atom. The first-order chi connectivity index (χ1) is 12.1. The second-order valence-corrected chi connectivity index (χ2v) is 5.65. The number of benzene rings is 2. The first-order valence-corrected chi connectivity index (χ1v) is 7.86. The molecule has 1 N–H and O–H groups in total. The Kier molecular flexibility index (Phi) is 4.88. The molecule has 4 nitrogen and oxygen atoms in total. The monoisotopic (exact) mass is 341 g/mol. The van der Waals surface area contributed by atoms with E-state index in [4.69, 9.17) is 0 Å². The molecule has 0 unspecified atom stereocenters. The lowest BCUT2D eigenvalue weighted by molar-refractivity contribution is -0.124. The minimum absolute atomic E-state index is 0.0812. The molecule has 0 bridgehead atoms. The van der Waals surface area contributed by atoms with Crippen LogP contribution in [0.2, 0.25) is 0 Å². The Hall–Kier alpha value is -3.02. The highest BCUT2D eigenvalue weighted by molar-refractivity contribution is 5.80. The van der Waals surface area contributed by atoms with E-state index in [0.717, 1.165) is 23.8 Å². The zero-order chi connectivity index (χ0) is 17.8. The summed E-state index contributed by atoms with van der Waals surface area (Å²) in [6, 6.07) is 12.1. The lowest BCUT2D eigenvalue weighted by Gasteiger charge is -2.16. The average molecular weight is 341 g/mol. The van der Waals surface area contributed by atoms with Gasteiger partial charge < -0.3 is 9.88 Å². The van der Waals surface area contributed by atoms with Gasteiger partial charge in [0.15, 0.2) is 0 Å². The fourth-order valence-corrected chi connectivity index (χ4v) is 2.57. The number of hydrogen-bond acceptors (Lipinski definition) is 2. The second kappa shape index (κ2) is 7.25. The van der Waals surface area contributed by atoms with Gasteiger partial charge in [-0.15, -0.1) is 0 Å². The summed E-state index contributed by atoms with van der Waals surface area (Å²) in [5, 5.41) is 2.64. The topological polar surface area (TPSA) is 46.9 Å². The molecule has 0 aliphatic heterocycles. The van der Waals surface area contributed by atoms with Crippen LogP contribution in [0.5, 0.6) is 0 Å². The number of nitrogens with zero attached hydrogens (tertiary/aromatic N) is 2. The molecule has 25 heavy (non-hydrogen) atoms. The van der Waals surface area contributed by atoms with Crippen LogP contribution in [-0.2, 0) is 11.3 Å². The van der Waals surface area contributed by atoms with Gasteiger partial charge in [-0.3, -0.25) is 4.79 Å². The number of aromatic nitrogens is 2. The third-order valence-electron chi connectivity index (χ3n) is 3.96. The molecule has 1 amide bonds. The van der Waals surface area contributed by atoms with Crippen LogP contribution in [0.4, 0.5) is 8.78 Å². The first-order valence-electron chi connectivity index (χ1n) is 7.86. The highest BCUT2D eigenvalue weighted by atomic mass is 19.1. The number of carbonyl (C=O) groups is 1. The highest BCUT2D eigenvalue weighted by Crippen LogP contribution is 2.21. The minimum atomic E-state index is -0.554. The zero-order valence-corrected chi connectivity index (χ0v) is 13.6. The molecule has 3 aromatic rings. The van der Waals surface area contributed by atoms with Gasteiger partial charge in [-0.25, -0.2) is 13.8 Å². The van der Waals surface area contributed by atoms with Gasteiger partial charge in [-0.1, -0.05) is 30.3 Å². The average Bonchev–Trinajstić information content (AvgIpc) is 3.12. The van der Waals surface area contributed by atoms with Gasteiger partial charge in [0.25, 0.3) is 0 Å². The van der Waals surface area contributed by atoms with Crippen molar-refractivity contribution in [1.82, 2.24) is 14.9 Å². The van der Waals surface area contributed by atoms with Gasteiger partial charge in [-0.05, 0) is 25.1 Å². The van der Waals surface area contributed by atoms with Crippen molar-refractivity contribution >= 4 is 5.91 Å². The summed E-state index contributed by atoms with van der Waals surface area (Å²) in [6.45, 7) is 1.65. The molecule has 1 atom stereocenters. The number of carbonyl (C=O) groups excluding carboxylic acids is 1. The predicted octanol–water partition coefficient (Wildman–Crippen LogP) is 3.71. The summed E-state index contributed by atoms with van der Waals surface area (Å²) >= 11 is 0. The van der Waals surface area contributed by atoms with Crippen LogP contribution in [0.25, 0.3) is 11.4 Å². The predicted molar refractivity (Wildman–Crippen MR) is 90.6 cm³/mol.